The highest BCUT2D eigenvalue weighted by Crippen LogP contribution is 2.25. The molecule has 178 valence electrons. The number of benzene rings is 1. The summed E-state index contributed by atoms with van der Waals surface area (Å²) in [4.78, 5) is 7.56. The van der Waals surface area contributed by atoms with E-state index in [0.717, 1.165) is 18.8 Å². The van der Waals surface area contributed by atoms with Gasteiger partial charge in [0.15, 0.2) is 15.8 Å². The lowest BCUT2D eigenvalue weighted by Gasteiger charge is -2.25. The second kappa shape index (κ2) is 13.2. The van der Waals surface area contributed by atoms with Crippen molar-refractivity contribution in [1.29, 1.82) is 0 Å². The van der Waals surface area contributed by atoms with Gasteiger partial charge in [0.05, 0.1) is 29.5 Å². The van der Waals surface area contributed by atoms with E-state index in [1.807, 2.05) is 32.0 Å². The van der Waals surface area contributed by atoms with Crippen LogP contribution < -0.4 is 10.6 Å². The smallest absolute Gasteiger partial charge is 0.191 e. The molecule has 2 unspecified atom stereocenters. The van der Waals surface area contributed by atoms with E-state index >= 15 is 0 Å². The summed E-state index contributed by atoms with van der Waals surface area (Å²) in [5.41, 5.74) is 0. The quantitative estimate of drug-likeness (QED) is 0.255. The fourth-order valence-electron chi connectivity index (χ4n) is 3.86. The van der Waals surface area contributed by atoms with Crippen molar-refractivity contribution in [2.45, 2.75) is 50.1 Å². The normalized spacial score (nSPS) is 16.9. The zero-order valence-corrected chi connectivity index (χ0v) is 22.0. The molecule has 2 heterocycles. The largest absolute Gasteiger partial charge is 0.468 e. The third-order valence-corrected chi connectivity index (χ3v) is 7.41. The molecule has 32 heavy (non-hydrogen) atoms. The third-order valence-electron chi connectivity index (χ3n) is 5.58. The van der Waals surface area contributed by atoms with Crippen LogP contribution in [0.5, 0.6) is 0 Å². The van der Waals surface area contributed by atoms with Crippen molar-refractivity contribution in [3.05, 3.63) is 54.5 Å². The Morgan fingerprint density at radius 2 is 1.84 bits per heavy atom. The maximum absolute atomic E-state index is 12.8. The van der Waals surface area contributed by atoms with Crippen LogP contribution in [0.25, 0.3) is 0 Å². The van der Waals surface area contributed by atoms with Crippen LogP contribution in [-0.2, 0) is 9.84 Å². The standard InChI is InChI=1S/C23H34N4O3S.HI/c1-3-19(18-31(28,29)20-11-6-5-7-12-20)26-23(24-4-2)25-17-21(22-13-10-16-30-22)27-14-8-9-15-27;/h5-7,10-13,16,19,21H,3-4,8-9,14-15,17-18H2,1-2H3,(H2,24,25,26);1H. The van der Waals surface area contributed by atoms with Crippen LogP contribution in [0.1, 0.15) is 44.9 Å². The molecule has 1 saturated heterocycles. The number of sulfone groups is 1. The Hall–Kier alpha value is -1.59. The SMILES string of the molecule is CCNC(=NCC(c1ccco1)N1CCCC1)NC(CC)CS(=O)(=O)c1ccccc1.I. The summed E-state index contributed by atoms with van der Waals surface area (Å²) in [6.45, 7) is 7.31. The van der Waals surface area contributed by atoms with Crippen LogP contribution in [-0.4, -0.2) is 57.3 Å². The van der Waals surface area contributed by atoms with Gasteiger partial charge in [-0.3, -0.25) is 9.89 Å². The molecule has 0 spiro atoms. The van der Waals surface area contributed by atoms with Crippen LogP contribution >= 0.6 is 24.0 Å². The molecule has 3 rings (SSSR count). The maximum Gasteiger partial charge on any atom is 0.191 e. The van der Waals surface area contributed by atoms with Gasteiger partial charge in [0.1, 0.15) is 5.76 Å². The number of furan rings is 1. The molecule has 1 fully saturated rings. The number of hydrogen-bond acceptors (Lipinski definition) is 5. The first-order valence-electron chi connectivity index (χ1n) is 11.1. The zero-order valence-electron chi connectivity index (χ0n) is 18.9. The van der Waals surface area contributed by atoms with Crippen molar-refractivity contribution in [3.8, 4) is 0 Å². The molecule has 0 amide bonds. The highest BCUT2D eigenvalue weighted by molar-refractivity contribution is 14.0. The Labute approximate surface area is 209 Å². The van der Waals surface area contributed by atoms with Crippen molar-refractivity contribution < 1.29 is 12.8 Å². The Balaban J connectivity index is 0.00000363. The summed E-state index contributed by atoms with van der Waals surface area (Å²) in [6.07, 6.45) is 4.75. The average Bonchev–Trinajstić information content (AvgIpc) is 3.49. The van der Waals surface area contributed by atoms with Crippen LogP contribution in [0, 0.1) is 0 Å². The molecule has 0 aliphatic carbocycles. The van der Waals surface area contributed by atoms with Crippen LogP contribution in [0.3, 0.4) is 0 Å². The number of aliphatic imine (C=N–C) groups is 1. The summed E-state index contributed by atoms with van der Waals surface area (Å²) >= 11 is 0. The number of rotatable bonds is 10. The lowest BCUT2D eigenvalue weighted by molar-refractivity contribution is 0.221. The summed E-state index contributed by atoms with van der Waals surface area (Å²) < 4.78 is 31.3. The molecular weight excluding hydrogens is 539 g/mol. The average molecular weight is 575 g/mol. The lowest BCUT2D eigenvalue weighted by atomic mass is 10.2. The number of hydrogen-bond donors (Lipinski definition) is 2. The van der Waals surface area contributed by atoms with Gasteiger partial charge in [0.25, 0.3) is 0 Å². The van der Waals surface area contributed by atoms with Crippen LogP contribution in [0.4, 0.5) is 0 Å². The molecule has 0 saturated carbocycles. The van der Waals surface area contributed by atoms with E-state index in [-0.39, 0.29) is 41.8 Å². The lowest BCUT2D eigenvalue weighted by Crippen LogP contribution is -2.46. The maximum atomic E-state index is 12.8. The predicted molar refractivity (Wildman–Crippen MR) is 139 cm³/mol. The van der Waals surface area contributed by atoms with E-state index in [1.54, 1.807) is 30.5 Å². The molecule has 2 N–H and O–H groups in total. The minimum Gasteiger partial charge on any atom is -0.468 e. The van der Waals surface area contributed by atoms with Crippen LogP contribution in [0.2, 0.25) is 0 Å². The first-order chi connectivity index (χ1) is 15.0. The molecule has 2 aromatic rings. The number of nitrogens with zero attached hydrogens (tertiary/aromatic N) is 2. The van der Waals surface area contributed by atoms with E-state index < -0.39 is 9.84 Å². The molecule has 1 aliphatic heterocycles. The zero-order chi connectivity index (χ0) is 22.1. The third kappa shape index (κ3) is 7.48. The van der Waals surface area contributed by atoms with Gasteiger partial charge in [-0.25, -0.2) is 8.42 Å². The van der Waals surface area contributed by atoms with Gasteiger partial charge in [0.2, 0.25) is 0 Å². The molecule has 7 nitrogen and oxygen atoms in total. The van der Waals surface area contributed by atoms with Crippen molar-refractivity contribution in [2.75, 3.05) is 31.9 Å². The Morgan fingerprint density at radius 1 is 1.12 bits per heavy atom. The minimum absolute atomic E-state index is 0. The topological polar surface area (TPSA) is 86.9 Å². The van der Waals surface area contributed by atoms with Gasteiger partial charge in [-0.2, -0.15) is 0 Å². The molecule has 9 heteroatoms. The first-order valence-corrected chi connectivity index (χ1v) is 12.8. The fourth-order valence-corrected chi connectivity index (χ4v) is 5.47. The van der Waals surface area contributed by atoms with Gasteiger partial charge in [-0.05, 0) is 63.5 Å². The molecule has 2 atom stereocenters. The summed E-state index contributed by atoms with van der Waals surface area (Å²) in [5.74, 6) is 1.57. The summed E-state index contributed by atoms with van der Waals surface area (Å²) in [5, 5.41) is 6.59. The number of halogens is 1. The van der Waals surface area contributed by atoms with Crippen molar-refractivity contribution in [1.82, 2.24) is 15.5 Å². The molecular formula is C23H35IN4O3S. The number of likely N-dealkylation sites (tertiary alicyclic amines) is 1. The van der Waals surface area contributed by atoms with Crippen molar-refractivity contribution >= 4 is 39.8 Å². The van der Waals surface area contributed by atoms with E-state index in [0.29, 0.717) is 30.4 Å². The van der Waals surface area contributed by atoms with Gasteiger partial charge >= 0.3 is 0 Å². The first kappa shape index (κ1) is 26.7. The van der Waals surface area contributed by atoms with Gasteiger partial charge in [-0.1, -0.05) is 25.1 Å². The van der Waals surface area contributed by atoms with Crippen molar-refractivity contribution in [3.63, 3.8) is 0 Å². The van der Waals surface area contributed by atoms with E-state index in [2.05, 4.69) is 15.5 Å². The Kier molecular flexibility index (Phi) is 11.0. The summed E-state index contributed by atoms with van der Waals surface area (Å²) in [6, 6.07) is 12.4. The second-order valence-corrected chi connectivity index (χ2v) is 9.87. The number of nitrogens with one attached hydrogen (secondary N) is 2. The van der Waals surface area contributed by atoms with Crippen LogP contribution in [0.15, 0.2) is 63.0 Å². The van der Waals surface area contributed by atoms with Gasteiger partial charge < -0.3 is 15.1 Å². The molecule has 0 radical (unpaired) electrons. The van der Waals surface area contributed by atoms with E-state index in [4.69, 9.17) is 9.41 Å². The summed E-state index contributed by atoms with van der Waals surface area (Å²) in [7, 11) is -3.38. The van der Waals surface area contributed by atoms with E-state index in [9.17, 15) is 8.42 Å². The fraction of sp³-hybridized carbons (Fsp3) is 0.522. The van der Waals surface area contributed by atoms with Crippen molar-refractivity contribution in [2.24, 2.45) is 4.99 Å². The molecule has 0 bridgehead atoms. The predicted octanol–water partition coefficient (Wildman–Crippen LogP) is 3.84. The number of guanidine groups is 1. The molecule has 1 aliphatic rings. The van der Waals surface area contributed by atoms with Gasteiger partial charge in [-0.15, -0.1) is 24.0 Å². The molecule has 1 aromatic heterocycles. The second-order valence-electron chi connectivity index (χ2n) is 7.84. The molecule has 1 aromatic carbocycles. The van der Waals surface area contributed by atoms with E-state index in [1.165, 1.54) is 12.8 Å². The van der Waals surface area contributed by atoms with Gasteiger partial charge in [0, 0.05) is 12.6 Å². The Bertz CT molecular complexity index is 914. The monoisotopic (exact) mass is 574 g/mol. The minimum atomic E-state index is -3.38. The Morgan fingerprint density at radius 3 is 2.44 bits per heavy atom. The highest BCUT2D eigenvalue weighted by atomic mass is 127. The highest BCUT2D eigenvalue weighted by Gasteiger charge is 2.26.